The van der Waals surface area contributed by atoms with E-state index < -0.39 is 0 Å². The predicted molar refractivity (Wildman–Crippen MR) is 76.4 cm³/mol. The molecule has 20 heavy (non-hydrogen) atoms. The zero-order valence-corrected chi connectivity index (χ0v) is 10.8. The average Bonchev–Trinajstić information content (AvgIpc) is 2.92. The zero-order chi connectivity index (χ0) is 13.8. The second kappa shape index (κ2) is 5.52. The number of H-pyrrole nitrogens is 1. The third-order valence-corrected chi connectivity index (χ3v) is 3.11. The molecule has 3 aromatic rings. The first-order valence-electron chi connectivity index (χ1n) is 6.45. The van der Waals surface area contributed by atoms with Gasteiger partial charge in [-0.1, -0.05) is 24.3 Å². The highest BCUT2D eigenvalue weighted by Crippen LogP contribution is 2.14. The molecule has 0 aliphatic carbocycles. The number of fused-ring (bicyclic) bond motifs is 1. The first kappa shape index (κ1) is 12.3. The first-order valence-corrected chi connectivity index (χ1v) is 6.45. The number of aromatic nitrogens is 3. The molecule has 2 aromatic heterocycles. The molecule has 5 heteroatoms. The van der Waals surface area contributed by atoms with Crippen LogP contribution in [0.1, 0.15) is 16.1 Å². The van der Waals surface area contributed by atoms with Crippen LogP contribution in [0.3, 0.4) is 0 Å². The van der Waals surface area contributed by atoms with Crippen LogP contribution in [0.4, 0.5) is 0 Å². The second-order valence-corrected chi connectivity index (χ2v) is 4.48. The molecule has 0 spiro atoms. The van der Waals surface area contributed by atoms with E-state index in [0.717, 1.165) is 22.9 Å². The number of nitrogens with one attached hydrogen (secondary N) is 2. The van der Waals surface area contributed by atoms with Crippen molar-refractivity contribution in [1.29, 1.82) is 0 Å². The van der Waals surface area contributed by atoms with E-state index in [-0.39, 0.29) is 5.91 Å². The molecular formula is C15H14N4O. The highest BCUT2D eigenvalue weighted by atomic mass is 16.1. The SMILES string of the molecule is O=C(NCCc1cccnc1)c1n[nH]c2ccccc12. The number of benzene rings is 1. The first-order chi connectivity index (χ1) is 9.84. The molecule has 5 nitrogen and oxygen atoms in total. The van der Waals surface area contributed by atoms with Gasteiger partial charge in [-0.05, 0) is 24.1 Å². The molecule has 0 aliphatic rings. The van der Waals surface area contributed by atoms with E-state index in [2.05, 4.69) is 20.5 Å². The smallest absolute Gasteiger partial charge is 0.272 e. The van der Waals surface area contributed by atoms with E-state index in [0.29, 0.717) is 12.2 Å². The number of pyridine rings is 1. The maximum atomic E-state index is 12.1. The normalized spacial score (nSPS) is 10.6. The number of carbonyl (C=O) groups excluding carboxylic acids is 1. The monoisotopic (exact) mass is 266 g/mol. The minimum Gasteiger partial charge on any atom is -0.350 e. The van der Waals surface area contributed by atoms with Crippen molar-refractivity contribution in [2.75, 3.05) is 6.54 Å². The number of amides is 1. The number of nitrogens with zero attached hydrogens (tertiary/aromatic N) is 2. The van der Waals surface area contributed by atoms with Crippen molar-refractivity contribution in [3.63, 3.8) is 0 Å². The van der Waals surface area contributed by atoms with Gasteiger partial charge >= 0.3 is 0 Å². The molecule has 0 unspecified atom stereocenters. The number of para-hydroxylation sites is 1. The van der Waals surface area contributed by atoms with Crippen LogP contribution in [0, 0.1) is 0 Å². The van der Waals surface area contributed by atoms with Gasteiger partial charge in [0.25, 0.3) is 5.91 Å². The lowest BCUT2D eigenvalue weighted by atomic mass is 10.2. The lowest BCUT2D eigenvalue weighted by Crippen LogP contribution is -2.26. The Bertz CT molecular complexity index is 721. The summed E-state index contributed by atoms with van der Waals surface area (Å²) in [6.45, 7) is 0.561. The van der Waals surface area contributed by atoms with Gasteiger partial charge in [-0.2, -0.15) is 5.10 Å². The molecule has 0 aliphatic heterocycles. The van der Waals surface area contributed by atoms with Gasteiger partial charge in [0, 0.05) is 24.3 Å². The Balaban J connectivity index is 1.65. The maximum absolute atomic E-state index is 12.1. The van der Waals surface area contributed by atoms with E-state index in [1.165, 1.54) is 0 Å². The Morgan fingerprint density at radius 2 is 2.10 bits per heavy atom. The van der Waals surface area contributed by atoms with Crippen molar-refractivity contribution in [1.82, 2.24) is 20.5 Å². The standard InChI is InChI=1S/C15H14N4O/c20-15(17-9-7-11-4-3-8-16-10-11)14-12-5-1-2-6-13(12)18-19-14/h1-6,8,10H,7,9H2,(H,17,20)(H,18,19). The molecule has 0 fully saturated rings. The fourth-order valence-electron chi connectivity index (χ4n) is 2.09. The van der Waals surface area contributed by atoms with Gasteiger partial charge in [0.2, 0.25) is 0 Å². The van der Waals surface area contributed by atoms with Crippen LogP contribution in [-0.4, -0.2) is 27.6 Å². The Labute approximate surface area is 116 Å². The molecule has 100 valence electrons. The molecule has 1 amide bonds. The summed E-state index contributed by atoms with van der Waals surface area (Å²) in [5, 5.41) is 10.6. The number of hydrogen-bond donors (Lipinski definition) is 2. The van der Waals surface area contributed by atoms with Crippen LogP contribution in [0.15, 0.2) is 48.8 Å². The molecule has 0 atom stereocenters. The van der Waals surface area contributed by atoms with Crippen molar-refractivity contribution in [2.24, 2.45) is 0 Å². The Morgan fingerprint density at radius 3 is 2.95 bits per heavy atom. The molecular weight excluding hydrogens is 252 g/mol. The Morgan fingerprint density at radius 1 is 1.20 bits per heavy atom. The topological polar surface area (TPSA) is 70.7 Å². The Kier molecular flexibility index (Phi) is 3.41. The molecule has 2 N–H and O–H groups in total. The van der Waals surface area contributed by atoms with Gasteiger partial charge in [0.15, 0.2) is 5.69 Å². The van der Waals surface area contributed by atoms with Crippen molar-refractivity contribution in [3.8, 4) is 0 Å². The van der Waals surface area contributed by atoms with Crippen LogP contribution >= 0.6 is 0 Å². The summed E-state index contributed by atoms with van der Waals surface area (Å²) < 4.78 is 0. The van der Waals surface area contributed by atoms with Gasteiger partial charge in [-0.15, -0.1) is 0 Å². The summed E-state index contributed by atoms with van der Waals surface area (Å²) in [5.41, 5.74) is 2.40. The average molecular weight is 266 g/mol. The van der Waals surface area contributed by atoms with Crippen molar-refractivity contribution in [2.45, 2.75) is 6.42 Å². The van der Waals surface area contributed by atoms with E-state index in [9.17, 15) is 4.79 Å². The minimum absolute atomic E-state index is 0.161. The van der Waals surface area contributed by atoms with Crippen LogP contribution < -0.4 is 5.32 Å². The van der Waals surface area contributed by atoms with Gasteiger partial charge in [-0.25, -0.2) is 0 Å². The molecule has 0 bridgehead atoms. The maximum Gasteiger partial charge on any atom is 0.272 e. The van der Waals surface area contributed by atoms with Crippen molar-refractivity contribution < 1.29 is 4.79 Å². The summed E-state index contributed by atoms with van der Waals surface area (Å²) >= 11 is 0. The third-order valence-electron chi connectivity index (χ3n) is 3.11. The zero-order valence-electron chi connectivity index (χ0n) is 10.8. The largest absolute Gasteiger partial charge is 0.350 e. The fourth-order valence-corrected chi connectivity index (χ4v) is 2.09. The van der Waals surface area contributed by atoms with Crippen LogP contribution in [-0.2, 0) is 6.42 Å². The second-order valence-electron chi connectivity index (χ2n) is 4.48. The number of carbonyl (C=O) groups is 1. The quantitative estimate of drug-likeness (QED) is 0.758. The van der Waals surface area contributed by atoms with E-state index in [1.807, 2.05) is 36.4 Å². The molecule has 3 rings (SSSR count). The summed E-state index contributed by atoms with van der Waals surface area (Å²) in [7, 11) is 0. The Hall–Kier alpha value is -2.69. The van der Waals surface area contributed by atoms with Crippen molar-refractivity contribution in [3.05, 3.63) is 60.0 Å². The number of rotatable bonds is 4. The van der Waals surface area contributed by atoms with E-state index >= 15 is 0 Å². The number of hydrogen-bond acceptors (Lipinski definition) is 3. The molecule has 1 aromatic carbocycles. The highest BCUT2D eigenvalue weighted by Gasteiger charge is 2.12. The summed E-state index contributed by atoms with van der Waals surface area (Å²) in [5.74, 6) is -0.161. The summed E-state index contributed by atoms with van der Waals surface area (Å²) in [4.78, 5) is 16.1. The lowest BCUT2D eigenvalue weighted by Gasteiger charge is -2.03. The summed E-state index contributed by atoms with van der Waals surface area (Å²) in [6.07, 6.45) is 4.29. The van der Waals surface area contributed by atoms with Crippen molar-refractivity contribution >= 4 is 16.8 Å². The third kappa shape index (κ3) is 2.51. The van der Waals surface area contributed by atoms with E-state index in [4.69, 9.17) is 0 Å². The minimum atomic E-state index is -0.161. The van der Waals surface area contributed by atoms with Crippen LogP contribution in [0.25, 0.3) is 10.9 Å². The highest BCUT2D eigenvalue weighted by molar-refractivity contribution is 6.04. The van der Waals surface area contributed by atoms with Crippen LogP contribution in [0.5, 0.6) is 0 Å². The molecule has 2 heterocycles. The summed E-state index contributed by atoms with van der Waals surface area (Å²) in [6, 6.07) is 11.5. The van der Waals surface area contributed by atoms with Crippen LogP contribution in [0.2, 0.25) is 0 Å². The predicted octanol–water partition coefficient (Wildman–Crippen LogP) is 1.93. The fraction of sp³-hybridized carbons (Fsp3) is 0.133. The van der Waals surface area contributed by atoms with Gasteiger partial charge in [0.05, 0.1) is 5.52 Å². The van der Waals surface area contributed by atoms with Gasteiger partial charge < -0.3 is 5.32 Å². The molecule has 0 saturated heterocycles. The molecule has 0 radical (unpaired) electrons. The van der Waals surface area contributed by atoms with E-state index in [1.54, 1.807) is 12.4 Å². The number of aromatic amines is 1. The lowest BCUT2D eigenvalue weighted by molar-refractivity contribution is 0.0950. The van der Waals surface area contributed by atoms with Gasteiger partial charge in [-0.3, -0.25) is 14.9 Å². The van der Waals surface area contributed by atoms with Gasteiger partial charge in [0.1, 0.15) is 0 Å². The molecule has 0 saturated carbocycles.